The Morgan fingerprint density at radius 3 is 2.45 bits per heavy atom. The van der Waals surface area contributed by atoms with Crippen molar-refractivity contribution in [2.24, 2.45) is 5.16 Å². The zero-order chi connectivity index (χ0) is 33.2. The molecule has 13 heteroatoms. The van der Waals surface area contributed by atoms with Gasteiger partial charge >= 0.3 is 5.97 Å². The largest absolute Gasteiger partial charge is 0.478 e. The highest BCUT2D eigenvalue weighted by atomic mass is 35.5. The number of hydrogen-bond donors (Lipinski definition) is 3. The van der Waals surface area contributed by atoms with E-state index in [9.17, 15) is 28.7 Å². The number of fused-ring (bicyclic) bond motifs is 1. The highest BCUT2D eigenvalue weighted by Crippen LogP contribution is 2.38. The standard InChI is InChI=1S/C34H27ClFN5O6/c1-37-31(42)26-13-10-19(17-38-26)21-4-2-5-23-22(21)14-15-41(30(23)32(43)39-20-11-8-18(9-12-20)34(45)46)33(44)28-16-27(40-47-28)24-6-3-7-25(35)29(24)36/h2-13,17,28,30H,14-16H2,1H3,(H,37,42)(H,39,43)(H,45,46)/t28?,30-/m1/s1. The molecule has 3 amide bonds. The molecular weight excluding hydrogens is 629 g/mol. The molecule has 0 bridgehead atoms. The van der Waals surface area contributed by atoms with Crippen molar-refractivity contribution in [3.63, 3.8) is 0 Å². The Morgan fingerprint density at radius 1 is 1.00 bits per heavy atom. The van der Waals surface area contributed by atoms with E-state index in [0.717, 1.165) is 16.7 Å². The second-order valence-electron chi connectivity index (χ2n) is 10.9. The van der Waals surface area contributed by atoms with Crippen molar-refractivity contribution in [2.75, 3.05) is 18.9 Å². The van der Waals surface area contributed by atoms with E-state index in [4.69, 9.17) is 16.4 Å². The van der Waals surface area contributed by atoms with Crippen LogP contribution in [-0.2, 0) is 20.8 Å². The normalized spacial score (nSPS) is 16.8. The van der Waals surface area contributed by atoms with E-state index in [-0.39, 0.29) is 46.4 Å². The third kappa shape index (κ3) is 6.15. The van der Waals surface area contributed by atoms with Gasteiger partial charge in [0.1, 0.15) is 11.7 Å². The van der Waals surface area contributed by atoms with Gasteiger partial charge in [-0.05, 0) is 65.6 Å². The van der Waals surface area contributed by atoms with Crippen molar-refractivity contribution < 1.29 is 33.5 Å². The molecule has 6 rings (SSSR count). The van der Waals surface area contributed by atoms with Gasteiger partial charge in [0.05, 0.1) is 16.3 Å². The van der Waals surface area contributed by atoms with Crippen molar-refractivity contribution in [3.8, 4) is 11.1 Å². The van der Waals surface area contributed by atoms with Crippen molar-refractivity contribution in [1.82, 2.24) is 15.2 Å². The van der Waals surface area contributed by atoms with Crippen LogP contribution in [0.2, 0.25) is 5.02 Å². The summed E-state index contributed by atoms with van der Waals surface area (Å²) in [4.78, 5) is 62.6. The summed E-state index contributed by atoms with van der Waals surface area (Å²) in [6.07, 6.45) is 0.819. The van der Waals surface area contributed by atoms with Crippen LogP contribution in [-0.4, -0.2) is 64.1 Å². The molecule has 0 spiro atoms. The Bertz CT molecular complexity index is 1930. The van der Waals surface area contributed by atoms with Gasteiger partial charge in [-0.1, -0.05) is 47.1 Å². The number of nitrogens with zero attached hydrogens (tertiary/aromatic N) is 3. The van der Waals surface area contributed by atoms with Crippen LogP contribution in [0.4, 0.5) is 10.1 Å². The lowest BCUT2D eigenvalue weighted by Gasteiger charge is -2.38. The van der Waals surface area contributed by atoms with E-state index in [1.165, 1.54) is 48.3 Å². The number of oxime groups is 1. The molecule has 3 heterocycles. The summed E-state index contributed by atoms with van der Waals surface area (Å²) < 4.78 is 14.7. The summed E-state index contributed by atoms with van der Waals surface area (Å²) in [6.45, 7) is 0.142. The van der Waals surface area contributed by atoms with Gasteiger partial charge in [-0.25, -0.2) is 9.18 Å². The number of pyridine rings is 1. The number of aromatic carboxylic acids is 1. The first kappa shape index (κ1) is 31.4. The van der Waals surface area contributed by atoms with Crippen LogP contribution in [0, 0.1) is 5.82 Å². The van der Waals surface area contributed by atoms with Gasteiger partial charge in [-0.2, -0.15) is 0 Å². The third-order valence-corrected chi connectivity index (χ3v) is 8.38. The molecule has 0 fully saturated rings. The molecule has 2 atom stereocenters. The number of amides is 3. The molecule has 2 aliphatic heterocycles. The first-order valence-electron chi connectivity index (χ1n) is 14.6. The molecule has 2 aliphatic rings. The fourth-order valence-electron chi connectivity index (χ4n) is 5.76. The fourth-order valence-corrected chi connectivity index (χ4v) is 5.94. The zero-order valence-electron chi connectivity index (χ0n) is 24.9. The molecule has 0 radical (unpaired) electrons. The van der Waals surface area contributed by atoms with Gasteiger partial charge in [0.2, 0.25) is 6.10 Å². The Labute approximate surface area is 273 Å². The molecule has 1 aromatic heterocycles. The number of halogens is 2. The lowest BCUT2D eigenvalue weighted by molar-refractivity contribution is -0.148. The molecule has 1 unspecified atom stereocenters. The average molecular weight is 656 g/mol. The molecule has 3 aromatic carbocycles. The summed E-state index contributed by atoms with van der Waals surface area (Å²) in [7, 11) is 1.52. The highest BCUT2D eigenvalue weighted by molar-refractivity contribution is 6.31. The predicted molar refractivity (Wildman–Crippen MR) is 171 cm³/mol. The number of anilines is 1. The van der Waals surface area contributed by atoms with Crippen molar-refractivity contribution >= 4 is 46.7 Å². The lowest BCUT2D eigenvalue weighted by atomic mass is 9.86. The van der Waals surface area contributed by atoms with Gasteiger partial charge in [0, 0.05) is 43.0 Å². The smallest absolute Gasteiger partial charge is 0.335 e. The van der Waals surface area contributed by atoms with Crippen LogP contribution in [0.25, 0.3) is 11.1 Å². The quantitative estimate of drug-likeness (QED) is 0.257. The number of carboxylic acids is 1. The van der Waals surface area contributed by atoms with Gasteiger partial charge in [0.25, 0.3) is 17.7 Å². The molecule has 4 aromatic rings. The summed E-state index contributed by atoms with van der Waals surface area (Å²) in [6, 6.07) is 17.8. The summed E-state index contributed by atoms with van der Waals surface area (Å²) >= 11 is 5.95. The fraction of sp³-hybridized carbons (Fsp3) is 0.176. The van der Waals surface area contributed by atoms with Crippen LogP contribution >= 0.6 is 11.6 Å². The molecule has 0 saturated carbocycles. The van der Waals surface area contributed by atoms with E-state index in [1.807, 2.05) is 6.07 Å². The first-order chi connectivity index (χ1) is 22.7. The minimum Gasteiger partial charge on any atom is -0.478 e. The Morgan fingerprint density at radius 2 is 1.74 bits per heavy atom. The van der Waals surface area contributed by atoms with Gasteiger partial charge in [-0.15, -0.1) is 0 Å². The zero-order valence-corrected chi connectivity index (χ0v) is 25.6. The monoisotopic (exact) mass is 655 g/mol. The molecule has 47 heavy (non-hydrogen) atoms. The van der Waals surface area contributed by atoms with Crippen LogP contribution in [0.15, 0.2) is 84.1 Å². The number of nitrogens with one attached hydrogen (secondary N) is 2. The maximum atomic E-state index is 14.7. The Balaban J connectivity index is 1.33. The van der Waals surface area contributed by atoms with Crippen molar-refractivity contribution in [3.05, 3.63) is 118 Å². The second kappa shape index (κ2) is 13.0. The number of carbonyl (C=O) groups excluding carboxylic acids is 3. The van der Waals surface area contributed by atoms with Crippen LogP contribution in [0.1, 0.15) is 50.0 Å². The lowest BCUT2D eigenvalue weighted by Crippen LogP contribution is -2.49. The van der Waals surface area contributed by atoms with E-state index in [2.05, 4.69) is 20.8 Å². The number of rotatable bonds is 7. The molecule has 11 nitrogen and oxygen atoms in total. The van der Waals surface area contributed by atoms with Crippen LogP contribution in [0.3, 0.4) is 0 Å². The van der Waals surface area contributed by atoms with E-state index in [0.29, 0.717) is 17.7 Å². The summed E-state index contributed by atoms with van der Waals surface area (Å²) in [5, 5.41) is 18.5. The highest BCUT2D eigenvalue weighted by Gasteiger charge is 2.42. The first-order valence-corrected chi connectivity index (χ1v) is 15.0. The van der Waals surface area contributed by atoms with Crippen molar-refractivity contribution in [1.29, 1.82) is 0 Å². The number of benzene rings is 3. The SMILES string of the molecule is CNC(=O)c1ccc(-c2cccc3c2CCN(C(=O)C2CC(c4cccc(Cl)c4F)=NO2)[C@H]3C(=O)Nc2ccc(C(=O)O)cc2)cn1. The number of aromatic nitrogens is 1. The molecule has 238 valence electrons. The molecule has 3 N–H and O–H groups in total. The molecule has 0 saturated heterocycles. The molecule has 0 aliphatic carbocycles. The van der Waals surface area contributed by atoms with E-state index < -0.39 is 35.7 Å². The maximum absolute atomic E-state index is 14.7. The summed E-state index contributed by atoms with van der Waals surface area (Å²) in [5.41, 5.74) is 3.87. The van der Waals surface area contributed by atoms with E-state index in [1.54, 1.807) is 36.5 Å². The maximum Gasteiger partial charge on any atom is 0.335 e. The number of hydrogen-bond acceptors (Lipinski definition) is 7. The third-order valence-electron chi connectivity index (χ3n) is 8.09. The second-order valence-corrected chi connectivity index (χ2v) is 11.3. The van der Waals surface area contributed by atoms with Gasteiger partial charge in [-0.3, -0.25) is 19.4 Å². The Hall–Kier alpha value is -5.62. The molecular formula is C34H27ClFN5O6. The van der Waals surface area contributed by atoms with Crippen LogP contribution in [0.5, 0.6) is 0 Å². The predicted octanol–water partition coefficient (Wildman–Crippen LogP) is 4.86. The Kier molecular flexibility index (Phi) is 8.68. The minimum atomic E-state index is -1.11. The topological polar surface area (TPSA) is 150 Å². The van der Waals surface area contributed by atoms with Gasteiger partial charge in [0.15, 0.2) is 5.82 Å². The number of carboxylic acid groups (broad SMARTS) is 1. The summed E-state index contributed by atoms with van der Waals surface area (Å²) in [5.74, 6) is -3.16. The minimum absolute atomic E-state index is 0.0339. The van der Waals surface area contributed by atoms with E-state index >= 15 is 0 Å². The van der Waals surface area contributed by atoms with Crippen molar-refractivity contribution in [2.45, 2.75) is 25.0 Å². The average Bonchev–Trinajstić information content (AvgIpc) is 3.58. The number of carbonyl (C=O) groups is 4. The van der Waals surface area contributed by atoms with Crippen LogP contribution < -0.4 is 10.6 Å². The van der Waals surface area contributed by atoms with Gasteiger partial charge < -0.3 is 25.5 Å².